The second-order valence-electron chi connectivity index (χ2n) is 6.99. The van der Waals surface area contributed by atoms with E-state index in [-0.39, 0.29) is 17.2 Å². The highest BCUT2D eigenvalue weighted by molar-refractivity contribution is 7.89. The molecule has 0 unspecified atom stereocenters. The molecule has 1 saturated heterocycles. The van der Waals surface area contributed by atoms with Crippen LogP contribution in [0.3, 0.4) is 0 Å². The zero-order valence-corrected chi connectivity index (χ0v) is 18.3. The predicted molar refractivity (Wildman–Crippen MR) is 114 cm³/mol. The molecule has 1 heterocycles. The lowest BCUT2D eigenvalue weighted by molar-refractivity contribution is -0.150. The van der Waals surface area contributed by atoms with Crippen molar-refractivity contribution >= 4 is 45.0 Å². The van der Waals surface area contributed by atoms with Crippen molar-refractivity contribution < 1.29 is 27.5 Å². The molecule has 0 radical (unpaired) electrons. The largest absolute Gasteiger partial charge is 0.454 e. The number of hydrogen-bond donors (Lipinski definition) is 1. The molecule has 1 N–H and O–H groups in total. The lowest BCUT2D eigenvalue weighted by atomic mass is 10.1. The summed E-state index contributed by atoms with van der Waals surface area (Å²) < 4.78 is 32.0. The minimum absolute atomic E-state index is 0.0233. The first-order valence-electron chi connectivity index (χ1n) is 9.54. The molecule has 0 aliphatic carbocycles. The Morgan fingerprint density at radius 2 is 1.81 bits per heavy atom. The smallest absolute Gasteiger partial charge is 0.324 e. The summed E-state index contributed by atoms with van der Waals surface area (Å²) in [7, 11) is -3.92. The molecule has 0 aromatic heterocycles. The lowest BCUT2D eigenvalue weighted by Crippen LogP contribution is -2.42. The second kappa shape index (κ2) is 9.59. The minimum atomic E-state index is -3.92. The van der Waals surface area contributed by atoms with Crippen LogP contribution in [-0.4, -0.2) is 49.6 Å². The van der Waals surface area contributed by atoms with Crippen molar-refractivity contribution in [3.8, 4) is 0 Å². The highest BCUT2D eigenvalue weighted by atomic mass is 35.5. The molecular formula is C21H21ClN2O6S. The van der Waals surface area contributed by atoms with Crippen LogP contribution in [0.5, 0.6) is 0 Å². The van der Waals surface area contributed by atoms with E-state index in [0.717, 1.165) is 4.31 Å². The summed E-state index contributed by atoms with van der Waals surface area (Å²) in [5.74, 6) is -1.65. The van der Waals surface area contributed by atoms with Gasteiger partial charge in [-0.05, 0) is 56.2 Å². The van der Waals surface area contributed by atoms with Crippen molar-refractivity contribution in [3.63, 3.8) is 0 Å². The molecule has 0 bridgehead atoms. The SMILES string of the molecule is CC(=O)c1ccccc1NC(=O)COC(=O)[C@H]1CCCN1S(=O)(=O)c1ccc(Cl)cc1. The number of carbonyl (C=O) groups is 3. The molecule has 10 heteroatoms. The highest BCUT2D eigenvalue weighted by Crippen LogP contribution is 2.27. The maximum atomic E-state index is 12.9. The van der Waals surface area contributed by atoms with Crippen LogP contribution in [0.25, 0.3) is 0 Å². The summed E-state index contributed by atoms with van der Waals surface area (Å²) in [6.45, 7) is 0.945. The maximum Gasteiger partial charge on any atom is 0.324 e. The Balaban J connectivity index is 1.64. The van der Waals surface area contributed by atoms with E-state index in [9.17, 15) is 22.8 Å². The number of benzene rings is 2. The number of rotatable bonds is 7. The van der Waals surface area contributed by atoms with Crippen molar-refractivity contribution in [2.75, 3.05) is 18.5 Å². The molecule has 2 aromatic rings. The first-order valence-corrected chi connectivity index (χ1v) is 11.4. The van der Waals surface area contributed by atoms with Crippen LogP contribution < -0.4 is 5.32 Å². The topological polar surface area (TPSA) is 110 Å². The van der Waals surface area contributed by atoms with Crippen molar-refractivity contribution in [2.24, 2.45) is 0 Å². The Labute approximate surface area is 185 Å². The number of nitrogens with zero attached hydrogens (tertiary/aromatic N) is 1. The molecule has 8 nitrogen and oxygen atoms in total. The fourth-order valence-electron chi connectivity index (χ4n) is 3.32. The average Bonchev–Trinajstić information content (AvgIpc) is 3.23. The van der Waals surface area contributed by atoms with Gasteiger partial charge in [-0.15, -0.1) is 0 Å². The zero-order chi connectivity index (χ0) is 22.6. The van der Waals surface area contributed by atoms with Gasteiger partial charge in [0.25, 0.3) is 5.91 Å². The van der Waals surface area contributed by atoms with Gasteiger partial charge >= 0.3 is 5.97 Å². The molecule has 164 valence electrons. The Bertz CT molecular complexity index is 1100. The van der Waals surface area contributed by atoms with Gasteiger partial charge in [0.1, 0.15) is 6.04 Å². The number of hydrogen-bond acceptors (Lipinski definition) is 6. The van der Waals surface area contributed by atoms with Crippen LogP contribution in [0.4, 0.5) is 5.69 Å². The van der Waals surface area contributed by atoms with Gasteiger partial charge in [-0.2, -0.15) is 4.31 Å². The van der Waals surface area contributed by atoms with Gasteiger partial charge in [-0.25, -0.2) is 8.42 Å². The van der Waals surface area contributed by atoms with Crippen LogP contribution in [0.2, 0.25) is 5.02 Å². The van der Waals surface area contributed by atoms with Gasteiger partial charge in [0.15, 0.2) is 12.4 Å². The fourth-order valence-corrected chi connectivity index (χ4v) is 5.10. The summed E-state index contributed by atoms with van der Waals surface area (Å²) >= 11 is 5.82. The second-order valence-corrected chi connectivity index (χ2v) is 9.31. The zero-order valence-electron chi connectivity index (χ0n) is 16.7. The molecule has 1 atom stereocenters. The normalized spacial score (nSPS) is 16.6. The Kier molecular flexibility index (Phi) is 7.09. The Morgan fingerprint density at radius 1 is 1.13 bits per heavy atom. The standard InChI is InChI=1S/C21H21ClN2O6S/c1-14(25)17-5-2-3-6-18(17)23-20(26)13-30-21(27)19-7-4-12-24(19)31(28,29)16-10-8-15(22)9-11-16/h2-3,5-6,8-11,19H,4,7,12-13H2,1H3,(H,23,26)/t19-/m1/s1. The van der Waals surface area contributed by atoms with Gasteiger partial charge in [0.2, 0.25) is 10.0 Å². The van der Waals surface area contributed by atoms with Crippen LogP contribution >= 0.6 is 11.6 Å². The van der Waals surface area contributed by atoms with Crippen LogP contribution in [0.15, 0.2) is 53.4 Å². The van der Waals surface area contributed by atoms with Crippen molar-refractivity contribution in [3.05, 3.63) is 59.1 Å². The number of sulfonamides is 1. The monoisotopic (exact) mass is 464 g/mol. The van der Waals surface area contributed by atoms with Crippen LogP contribution in [0, 0.1) is 0 Å². The van der Waals surface area contributed by atoms with E-state index in [2.05, 4.69) is 5.32 Å². The Morgan fingerprint density at radius 3 is 2.48 bits per heavy atom. The number of Topliss-reactive ketones (excluding diaryl/α,β-unsaturated/α-hetero) is 1. The van der Waals surface area contributed by atoms with E-state index in [0.29, 0.717) is 29.1 Å². The van der Waals surface area contributed by atoms with Crippen molar-refractivity contribution in [1.82, 2.24) is 4.31 Å². The third kappa shape index (κ3) is 5.30. The number of ether oxygens (including phenoxy) is 1. The first-order chi connectivity index (χ1) is 14.7. The lowest BCUT2D eigenvalue weighted by Gasteiger charge is -2.22. The molecule has 1 amide bonds. The van der Waals surface area contributed by atoms with Gasteiger partial charge in [0, 0.05) is 17.1 Å². The number of ketones is 1. The predicted octanol–water partition coefficient (Wildman–Crippen LogP) is 2.88. The quantitative estimate of drug-likeness (QED) is 0.498. The summed E-state index contributed by atoms with van der Waals surface area (Å²) in [4.78, 5) is 36.4. The number of esters is 1. The fraction of sp³-hybridized carbons (Fsp3) is 0.286. The maximum absolute atomic E-state index is 12.9. The van der Waals surface area contributed by atoms with E-state index < -0.39 is 34.5 Å². The number of halogens is 1. The third-order valence-electron chi connectivity index (χ3n) is 4.82. The molecule has 31 heavy (non-hydrogen) atoms. The number of amides is 1. The average molecular weight is 465 g/mol. The summed E-state index contributed by atoms with van der Waals surface area (Å²) in [6.07, 6.45) is 0.783. The molecule has 1 aliphatic rings. The summed E-state index contributed by atoms with van der Waals surface area (Å²) in [5, 5.41) is 2.93. The van der Waals surface area contributed by atoms with E-state index in [1.165, 1.54) is 31.2 Å². The van der Waals surface area contributed by atoms with E-state index in [1.54, 1.807) is 24.3 Å². The van der Waals surface area contributed by atoms with Gasteiger partial charge < -0.3 is 10.1 Å². The third-order valence-corrected chi connectivity index (χ3v) is 7.00. The molecule has 2 aromatic carbocycles. The van der Waals surface area contributed by atoms with Gasteiger partial charge in [0.05, 0.1) is 10.6 Å². The number of carbonyl (C=O) groups excluding carboxylic acids is 3. The molecule has 3 rings (SSSR count). The number of nitrogens with one attached hydrogen (secondary N) is 1. The van der Waals surface area contributed by atoms with Crippen LogP contribution in [0.1, 0.15) is 30.1 Å². The van der Waals surface area contributed by atoms with Gasteiger partial charge in [-0.3, -0.25) is 14.4 Å². The Hall–Kier alpha value is -2.75. The molecule has 1 fully saturated rings. The van der Waals surface area contributed by atoms with Crippen molar-refractivity contribution in [1.29, 1.82) is 0 Å². The minimum Gasteiger partial charge on any atom is -0.454 e. The summed E-state index contributed by atoms with van der Waals surface area (Å²) in [6, 6.07) is 11.1. The van der Waals surface area contributed by atoms with E-state index in [1.807, 2.05) is 0 Å². The molecule has 0 spiro atoms. The van der Waals surface area contributed by atoms with E-state index >= 15 is 0 Å². The number of anilines is 1. The summed E-state index contributed by atoms with van der Waals surface area (Å²) in [5.41, 5.74) is 0.641. The molecule has 0 saturated carbocycles. The van der Waals surface area contributed by atoms with Crippen molar-refractivity contribution in [2.45, 2.75) is 30.7 Å². The van der Waals surface area contributed by atoms with Crippen LogP contribution in [-0.2, 0) is 24.3 Å². The highest BCUT2D eigenvalue weighted by Gasteiger charge is 2.40. The van der Waals surface area contributed by atoms with E-state index in [4.69, 9.17) is 16.3 Å². The molecule has 1 aliphatic heterocycles. The molecular weight excluding hydrogens is 444 g/mol. The van der Waals surface area contributed by atoms with Gasteiger partial charge in [-0.1, -0.05) is 23.7 Å². The first kappa shape index (κ1) is 22.9. The number of para-hydroxylation sites is 1.